The van der Waals surface area contributed by atoms with Crippen molar-refractivity contribution in [1.82, 2.24) is 5.32 Å². The fraction of sp³-hybridized carbons (Fsp3) is 0.462. The van der Waals surface area contributed by atoms with E-state index in [0.29, 0.717) is 23.2 Å². The number of benzene rings is 1. The van der Waals surface area contributed by atoms with Gasteiger partial charge in [-0.25, -0.2) is 0 Å². The molecule has 1 aliphatic carbocycles. The number of carbonyl (C=O) groups excluding carboxylic acids is 1. The molecule has 0 bridgehead atoms. The first-order chi connectivity index (χ1) is 8.08. The number of carbonyl (C=O) groups is 1. The van der Waals surface area contributed by atoms with Crippen molar-refractivity contribution in [2.24, 2.45) is 5.92 Å². The van der Waals surface area contributed by atoms with Crippen LogP contribution in [0.2, 0.25) is 0 Å². The summed E-state index contributed by atoms with van der Waals surface area (Å²) in [6.45, 7) is 2.18. The lowest BCUT2D eigenvalue weighted by atomic mass is 10.1. The van der Waals surface area contributed by atoms with Crippen molar-refractivity contribution in [3.8, 4) is 0 Å². The summed E-state index contributed by atoms with van der Waals surface area (Å²) in [6.07, 6.45) is 3.46. The van der Waals surface area contributed by atoms with Gasteiger partial charge in [0.15, 0.2) is 0 Å². The highest BCUT2D eigenvalue weighted by Gasteiger charge is 2.25. The maximum absolute atomic E-state index is 12.1. The summed E-state index contributed by atoms with van der Waals surface area (Å²) >= 11 is 3.33. The number of hydrogen-bond acceptors (Lipinski definition) is 2. The Morgan fingerprint density at radius 3 is 2.82 bits per heavy atom. The van der Waals surface area contributed by atoms with E-state index < -0.39 is 0 Å². The molecule has 1 amide bonds. The van der Waals surface area contributed by atoms with Crippen LogP contribution in [0, 0.1) is 5.92 Å². The van der Waals surface area contributed by atoms with Gasteiger partial charge >= 0.3 is 0 Å². The van der Waals surface area contributed by atoms with E-state index in [-0.39, 0.29) is 5.91 Å². The molecule has 0 heterocycles. The number of rotatable bonds is 2. The molecule has 3 N–H and O–H groups in total. The summed E-state index contributed by atoms with van der Waals surface area (Å²) in [7, 11) is 0. The second-order valence-corrected chi connectivity index (χ2v) is 5.64. The standard InChI is InChI=1S/C13H17BrN2O/c1-8-3-2-4-12(8)16-13(17)10-6-5-9(14)7-11(10)15/h5-8,12H,2-4,15H2,1H3,(H,16,17). The molecule has 2 rings (SSSR count). The van der Waals surface area contributed by atoms with Gasteiger partial charge in [-0.1, -0.05) is 29.3 Å². The average molecular weight is 297 g/mol. The van der Waals surface area contributed by atoms with E-state index in [1.54, 1.807) is 12.1 Å². The molecular formula is C13H17BrN2O. The molecule has 3 nitrogen and oxygen atoms in total. The van der Waals surface area contributed by atoms with Crippen molar-refractivity contribution in [3.05, 3.63) is 28.2 Å². The van der Waals surface area contributed by atoms with E-state index >= 15 is 0 Å². The largest absolute Gasteiger partial charge is 0.398 e. The molecule has 4 heteroatoms. The number of halogens is 1. The first kappa shape index (κ1) is 12.4. The summed E-state index contributed by atoms with van der Waals surface area (Å²) in [5.41, 5.74) is 6.92. The fourth-order valence-electron chi connectivity index (χ4n) is 2.35. The summed E-state index contributed by atoms with van der Waals surface area (Å²) in [5.74, 6) is 0.504. The number of nitrogens with one attached hydrogen (secondary N) is 1. The van der Waals surface area contributed by atoms with Gasteiger partial charge in [0, 0.05) is 16.2 Å². The van der Waals surface area contributed by atoms with Crippen molar-refractivity contribution in [2.45, 2.75) is 32.2 Å². The van der Waals surface area contributed by atoms with Gasteiger partial charge in [-0.3, -0.25) is 4.79 Å². The summed E-state index contributed by atoms with van der Waals surface area (Å²) in [5, 5.41) is 3.07. The van der Waals surface area contributed by atoms with E-state index in [2.05, 4.69) is 28.2 Å². The minimum Gasteiger partial charge on any atom is -0.398 e. The topological polar surface area (TPSA) is 55.1 Å². The number of anilines is 1. The third-order valence-corrected chi connectivity index (χ3v) is 3.93. The van der Waals surface area contributed by atoms with E-state index in [9.17, 15) is 4.79 Å². The van der Waals surface area contributed by atoms with Gasteiger partial charge in [-0.05, 0) is 37.0 Å². The van der Waals surface area contributed by atoms with Crippen LogP contribution in [0.25, 0.3) is 0 Å². The lowest BCUT2D eigenvalue weighted by Crippen LogP contribution is -2.36. The third-order valence-electron chi connectivity index (χ3n) is 3.44. The van der Waals surface area contributed by atoms with Gasteiger partial charge in [0.2, 0.25) is 0 Å². The second-order valence-electron chi connectivity index (χ2n) is 4.72. The van der Waals surface area contributed by atoms with Crippen molar-refractivity contribution in [1.29, 1.82) is 0 Å². The Morgan fingerprint density at radius 2 is 2.24 bits per heavy atom. The Hall–Kier alpha value is -1.03. The van der Waals surface area contributed by atoms with E-state index in [4.69, 9.17) is 5.73 Å². The summed E-state index contributed by atoms with van der Waals surface area (Å²) in [4.78, 5) is 12.1. The lowest BCUT2D eigenvalue weighted by Gasteiger charge is -2.17. The molecule has 92 valence electrons. The average Bonchev–Trinajstić information content (AvgIpc) is 2.64. The van der Waals surface area contributed by atoms with Gasteiger partial charge in [0.25, 0.3) is 5.91 Å². The minimum atomic E-state index is -0.0613. The molecular weight excluding hydrogens is 280 g/mol. The van der Waals surface area contributed by atoms with Crippen molar-refractivity contribution in [3.63, 3.8) is 0 Å². The van der Waals surface area contributed by atoms with Crippen LogP contribution in [0.3, 0.4) is 0 Å². The van der Waals surface area contributed by atoms with Crippen molar-refractivity contribution < 1.29 is 4.79 Å². The Balaban J connectivity index is 2.09. The molecule has 17 heavy (non-hydrogen) atoms. The van der Waals surface area contributed by atoms with Crippen LogP contribution in [0.5, 0.6) is 0 Å². The maximum Gasteiger partial charge on any atom is 0.253 e. The van der Waals surface area contributed by atoms with Gasteiger partial charge in [-0.15, -0.1) is 0 Å². The Bertz CT molecular complexity index is 433. The predicted molar refractivity (Wildman–Crippen MR) is 72.8 cm³/mol. The summed E-state index contributed by atoms with van der Waals surface area (Å²) in [6, 6.07) is 5.65. The summed E-state index contributed by atoms with van der Waals surface area (Å²) < 4.78 is 0.890. The highest BCUT2D eigenvalue weighted by atomic mass is 79.9. The highest BCUT2D eigenvalue weighted by Crippen LogP contribution is 2.26. The number of nitrogen functional groups attached to an aromatic ring is 1. The number of amides is 1. The van der Waals surface area contributed by atoms with Gasteiger partial charge in [0.05, 0.1) is 5.56 Å². The van der Waals surface area contributed by atoms with E-state index in [1.807, 2.05) is 6.07 Å². The second kappa shape index (κ2) is 5.08. The molecule has 1 saturated carbocycles. The Kier molecular flexibility index (Phi) is 3.72. The van der Waals surface area contributed by atoms with Crippen LogP contribution in [-0.4, -0.2) is 11.9 Å². The van der Waals surface area contributed by atoms with E-state index in [1.165, 1.54) is 12.8 Å². The highest BCUT2D eigenvalue weighted by molar-refractivity contribution is 9.10. The van der Waals surface area contributed by atoms with Gasteiger partial charge in [-0.2, -0.15) is 0 Å². The SMILES string of the molecule is CC1CCCC1NC(=O)c1ccc(Br)cc1N. The molecule has 0 aromatic heterocycles. The molecule has 1 aromatic carbocycles. The van der Waals surface area contributed by atoms with Crippen molar-refractivity contribution in [2.75, 3.05) is 5.73 Å². The molecule has 0 saturated heterocycles. The van der Waals surface area contributed by atoms with Crippen molar-refractivity contribution >= 4 is 27.5 Å². The van der Waals surface area contributed by atoms with Crippen LogP contribution >= 0.6 is 15.9 Å². The number of nitrogens with two attached hydrogens (primary N) is 1. The monoisotopic (exact) mass is 296 g/mol. The molecule has 1 fully saturated rings. The normalized spacial score (nSPS) is 23.6. The molecule has 0 radical (unpaired) electrons. The molecule has 1 aromatic rings. The Morgan fingerprint density at radius 1 is 1.47 bits per heavy atom. The predicted octanol–water partition coefficient (Wildman–Crippen LogP) is 2.95. The molecule has 2 atom stereocenters. The van der Waals surface area contributed by atoms with Gasteiger partial charge in [0.1, 0.15) is 0 Å². The zero-order chi connectivity index (χ0) is 12.4. The Labute approximate surface area is 110 Å². The smallest absolute Gasteiger partial charge is 0.253 e. The first-order valence-corrected chi connectivity index (χ1v) is 6.73. The minimum absolute atomic E-state index is 0.0613. The third kappa shape index (κ3) is 2.80. The van der Waals surface area contributed by atoms with Gasteiger partial charge < -0.3 is 11.1 Å². The quantitative estimate of drug-likeness (QED) is 0.825. The van der Waals surface area contributed by atoms with Crippen LogP contribution in [-0.2, 0) is 0 Å². The van der Waals surface area contributed by atoms with Crippen LogP contribution < -0.4 is 11.1 Å². The van der Waals surface area contributed by atoms with E-state index in [0.717, 1.165) is 10.9 Å². The van der Waals surface area contributed by atoms with Crippen LogP contribution in [0.15, 0.2) is 22.7 Å². The molecule has 0 spiro atoms. The zero-order valence-electron chi connectivity index (χ0n) is 9.87. The first-order valence-electron chi connectivity index (χ1n) is 5.94. The molecule has 2 unspecified atom stereocenters. The number of hydrogen-bond donors (Lipinski definition) is 2. The fourth-order valence-corrected chi connectivity index (χ4v) is 2.73. The van der Waals surface area contributed by atoms with Crippen LogP contribution in [0.1, 0.15) is 36.5 Å². The van der Waals surface area contributed by atoms with Crippen LogP contribution in [0.4, 0.5) is 5.69 Å². The maximum atomic E-state index is 12.1. The molecule has 1 aliphatic rings. The molecule has 0 aliphatic heterocycles. The lowest BCUT2D eigenvalue weighted by molar-refractivity contribution is 0.0930. The zero-order valence-corrected chi connectivity index (χ0v) is 11.5.